The van der Waals surface area contributed by atoms with Gasteiger partial charge in [0, 0.05) is 38.2 Å². The Morgan fingerprint density at radius 2 is 1.73 bits per heavy atom. The molecular formula is C17H21N3O2. The Morgan fingerprint density at radius 1 is 1.09 bits per heavy atom. The van der Waals surface area contributed by atoms with E-state index in [0.717, 1.165) is 19.4 Å². The van der Waals surface area contributed by atoms with Gasteiger partial charge in [-0.2, -0.15) is 5.26 Å². The van der Waals surface area contributed by atoms with E-state index in [0.29, 0.717) is 37.2 Å². The molecular weight excluding hydrogens is 278 g/mol. The van der Waals surface area contributed by atoms with Crippen LogP contribution in [0.25, 0.3) is 0 Å². The first-order valence-electron chi connectivity index (χ1n) is 7.73. The van der Waals surface area contributed by atoms with Crippen molar-refractivity contribution in [2.24, 2.45) is 0 Å². The van der Waals surface area contributed by atoms with Gasteiger partial charge in [0.05, 0.1) is 11.6 Å². The summed E-state index contributed by atoms with van der Waals surface area (Å²) >= 11 is 0. The van der Waals surface area contributed by atoms with Crippen molar-refractivity contribution >= 4 is 11.8 Å². The van der Waals surface area contributed by atoms with Gasteiger partial charge < -0.3 is 9.80 Å². The molecule has 1 aliphatic heterocycles. The summed E-state index contributed by atoms with van der Waals surface area (Å²) in [6.07, 6.45) is 2.23. The minimum atomic E-state index is -0.0331. The molecule has 1 fully saturated rings. The molecule has 0 N–H and O–H groups in total. The van der Waals surface area contributed by atoms with E-state index in [1.165, 1.54) is 0 Å². The summed E-state index contributed by atoms with van der Waals surface area (Å²) in [5.74, 6) is 0.143. The van der Waals surface area contributed by atoms with E-state index in [1.807, 2.05) is 17.9 Å². The number of hydrogen-bond donors (Lipinski definition) is 0. The third kappa shape index (κ3) is 3.85. The minimum Gasteiger partial charge on any atom is -0.341 e. The predicted octanol–water partition coefficient (Wildman–Crippen LogP) is 2.03. The third-order valence-electron chi connectivity index (χ3n) is 3.86. The molecule has 1 aromatic carbocycles. The highest BCUT2D eigenvalue weighted by Gasteiger charge is 2.22. The van der Waals surface area contributed by atoms with Crippen LogP contribution in [0.5, 0.6) is 0 Å². The molecule has 0 spiro atoms. The lowest BCUT2D eigenvalue weighted by Gasteiger charge is -2.22. The maximum absolute atomic E-state index is 12.5. The molecule has 1 heterocycles. The second-order valence-electron chi connectivity index (χ2n) is 5.47. The van der Waals surface area contributed by atoms with Crippen molar-refractivity contribution in [1.82, 2.24) is 9.80 Å². The highest BCUT2D eigenvalue weighted by atomic mass is 16.2. The molecule has 0 aliphatic carbocycles. The van der Waals surface area contributed by atoms with Crippen molar-refractivity contribution in [2.75, 3.05) is 26.2 Å². The van der Waals surface area contributed by atoms with E-state index in [9.17, 15) is 9.59 Å². The van der Waals surface area contributed by atoms with Crippen LogP contribution < -0.4 is 0 Å². The molecule has 0 unspecified atom stereocenters. The first kappa shape index (κ1) is 16.0. The molecule has 116 valence electrons. The van der Waals surface area contributed by atoms with Gasteiger partial charge in [0.25, 0.3) is 5.91 Å². The Balaban J connectivity index is 1.99. The summed E-state index contributed by atoms with van der Waals surface area (Å²) in [5.41, 5.74) is 1.14. The minimum absolute atomic E-state index is 0.0331. The van der Waals surface area contributed by atoms with E-state index in [4.69, 9.17) is 5.26 Å². The van der Waals surface area contributed by atoms with Crippen LogP contribution in [0.4, 0.5) is 0 Å². The lowest BCUT2D eigenvalue weighted by Crippen LogP contribution is -2.37. The van der Waals surface area contributed by atoms with Crippen LogP contribution in [0.15, 0.2) is 24.3 Å². The Hall–Kier alpha value is -2.35. The van der Waals surface area contributed by atoms with Crippen molar-refractivity contribution in [3.8, 4) is 6.07 Å². The fourth-order valence-electron chi connectivity index (χ4n) is 2.61. The van der Waals surface area contributed by atoms with Gasteiger partial charge in [-0.05, 0) is 37.1 Å². The van der Waals surface area contributed by atoms with Crippen LogP contribution in [0, 0.1) is 11.3 Å². The third-order valence-corrected chi connectivity index (χ3v) is 3.86. The van der Waals surface area contributed by atoms with Crippen molar-refractivity contribution in [3.63, 3.8) is 0 Å². The summed E-state index contributed by atoms with van der Waals surface area (Å²) in [7, 11) is 0. The van der Waals surface area contributed by atoms with Gasteiger partial charge in [0.1, 0.15) is 0 Å². The largest absolute Gasteiger partial charge is 0.341 e. The zero-order valence-electron chi connectivity index (χ0n) is 12.9. The Bertz CT molecular complexity index is 575. The Morgan fingerprint density at radius 3 is 2.36 bits per heavy atom. The number of nitriles is 1. The van der Waals surface area contributed by atoms with E-state index >= 15 is 0 Å². The van der Waals surface area contributed by atoms with Crippen LogP contribution in [-0.4, -0.2) is 47.8 Å². The zero-order chi connectivity index (χ0) is 15.9. The van der Waals surface area contributed by atoms with E-state index in [2.05, 4.69) is 0 Å². The summed E-state index contributed by atoms with van der Waals surface area (Å²) in [6.45, 7) is 4.54. The molecule has 1 aliphatic rings. The Labute approximate surface area is 131 Å². The molecule has 2 amide bonds. The van der Waals surface area contributed by atoms with Crippen LogP contribution in [-0.2, 0) is 4.79 Å². The van der Waals surface area contributed by atoms with Gasteiger partial charge in [-0.15, -0.1) is 0 Å². The van der Waals surface area contributed by atoms with Crippen molar-refractivity contribution in [2.45, 2.75) is 26.2 Å². The quantitative estimate of drug-likeness (QED) is 0.858. The van der Waals surface area contributed by atoms with Gasteiger partial charge in [0.2, 0.25) is 5.91 Å². The van der Waals surface area contributed by atoms with E-state index in [-0.39, 0.29) is 11.8 Å². The smallest absolute Gasteiger partial charge is 0.253 e. The number of nitrogens with zero attached hydrogens (tertiary/aromatic N) is 3. The molecule has 5 nitrogen and oxygen atoms in total. The van der Waals surface area contributed by atoms with Crippen LogP contribution in [0.1, 0.15) is 42.1 Å². The average Bonchev–Trinajstić information content (AvgIpc) is 2.80. The first-order chi connectivity index (χ1) is 10.7. The summed E-state index contributed by atoms with van der Waals surface area (Å²) < 4.78 is 0. The molecule has 22 heavy (non-hydrogen) atoms. The van der Waals surface area contributed by atoms with E-state index in [1.54, 1.807) is 29.2 Å². The topological polar surface area (TPSA) is 64.4 Å². The molecule has 0 bridgehead atoms. The fourth-order valence-corrected chi connectivity index (χ4v) is 2.61. The second-order valence-corrected chi connectivity index (χ2v) is 5.47. The highest BCUT2D eigenvalue weighted by Crippen LogP contribution is 2.11. The number of rotatable bonds is 3. The SMILES string of the molecule is CCCC(=O)N1CCCN(C(=O)c2ccc(C#N)cc2)CC1. The molecule has 5 heteroatoms. The molecule has 0 radical (unpaired) electrons. The lowest BCUT2D eigenvalue weighted by atomic mass is 10.1. The highest BCUT2D eigenvalue weighted by molar-refractivity contribution is 5.94. The lowest BCUT2D eigenvalue weighted by molar-refractivity contribution is -0.131. The number of carbonyl (C=O) groups excluding carboxylic acids is 2. The maximum atomic E-state index is 12.5. The van der Waals surface area contributed by atoms with Gasteiger partial charge >= 0.3 is 0 Å². The summed E-state index contributed by atoms with van der Waals surface area (Å²) in [6, 6.07) is 8.73. The number of carbonyl (C=O) groups is 2. The number of amides is 2. The second kappa shape index (κ2) is 7.60. The molecule has 0 atom stereocenters. The van der Waals surface area contributed by atoms with Crippen LogP contribution in [0.2, 0.25) is 0 Å². The normalized spacial score (nSPS) is 15.1. The summed E-state index contributed by atoms with van der Waals surface area (Å²) in [4.78, 5) is 28.1. The summed E-state index contributed by atoms with van der Waals surface area (Å²) in [5, 5.41) is 8.80. The first-order valence-corrected chi connectivity index (χ1v) is 7.73. The standard InChI is InChI=1S/C17H21N3O2/c1-2-4-16(21)19-9-3-10-20(12-11-19)17(22)15-7-5-14(13-18)6-8-15/h5-8H,2-4,9-12H2,1H3. The zero-order valence-corrected chi connectivity index (χ0v) is 12.9. The van der Waals surface area contributed by atoms with Crippen LogP contribution >= 0.6 is 0 Å². The molecule has 0 aromatic heterocycles. The maximum Gasteiger partial charge on any atom is 0.253 e. The number of hydrogen-bond acceptors (Lipinski definition) is 3. The van der Waals surface area contributed by atoms with Crippen molar-refractivity contribution in [3.05, 3.63) is 35.4 Å². The molecule has 2 rings (SSSR count). The predicted molar refractivity (Wildman–Crippen MR) is 83.2 cm³/mol. The molecule has 0 saturated carbocycles. The van der Waals surface area contributed by atoms with Gasteiger partial charge in [-0.3, -0.25) is 9.59 Å². The Kier molecular flexibility index (Phi) is 5.54. The average molecular weight is 299 g/mol. The van der Waals surface area contributed by atoms with Crippen molar-refractivity contribution < 1.29 is 9.59 Å². The van der Waals surface area contributed by atoms with E-state index < -0.39 is 0 Å². The van der Waals surface area contributed by atoms with Gasteiger partial charge in [-0.1, -0.05) is 6.92 Å². The van der Waals surface area contributed by atoms with Gasteiger partial charge in [0.15, 0.2) is 0 Å². The van der Waals surface area contributed by atoms with Crippen molar-refractivity contribution in [1.29, 1.82) is 5.26 Å². The molecule has 1 aromatic rings. The fraction of sp³-hybridized carbons (Fsp3) is 0.471. The monoisotopic (exact) mass is 299 g/mol. The van der Waals surface area contributed by atoms with Gasteiger partial charge in [-0.25, -0.2) is 0 Å². The van der Waals surface area contributed by atoms with Crippen LogP contribution in [0.3, 0.4) is 0 Å². The molecule has 1 saturated heterocycles. The number of benzene rings is 1.